The fourth-order valence-corrected chi connectivity index (χ4v) is 3.62. The van der Waals surface area contributed by atoms with Crippen LogP contribution in [-0.2, 0) is 23.1 Å². The van der Waals surface area contributed by atoms with E-state index in [1.807, 2.05) is 13.8 Å². The molecule has 0 aliphatic heterocycles. The van der Waals surface area contributed by atoms with Crippen LogP contribution in [0.1, 0.15) is 18.3 Å². The van der Waals surface area contributed by atoms with Gasteiger partial charge in [0.05, 0.1) is 17.0 Å². The van der Waals surface area contributed by atoms with Crippen molar-refractivity contribution in [1.29, 1.82) is 0 Å². The first-order chi connectivity index (χ1) is 11.0. The van der Waals surface area contributed by atoms with Crippen molar-refractivity contribution in [2.45, 2.75) is 31.8 Å². The van der Waals surface area contributed by atoms with Gasteiger partial charge < -0.3 is 4.57 Å². The second-order valence-electron chi connectivity index (χ2n) is 5.14. The summed E-state index contributed by atoms with van der Waals surface area (Å²) in [5.74, 6) is 0.575. The summed E-state index contributed by atoms with van der Waals surface area (Å²) in [5.41, 5.74) is 1.62. The minimum Gasteiger partial charge on any atom is -0.317 e. The summed E-state index contributed by atoms with van der Waals surface area (Å²) < 4.78 is 29.7. The molecule has 8 heteroatoms. The van der Waals surface area contributed by atoms with Crippen LogP contribution in [0, 0.1) is 6.92 Å². The lowest BCUT2D eigenvalue weighted by molar-refractivity contribution is 0.576. The van der Waals surface area contributed by atoms with Gasteiger partial charge in [0.2, 0.25) is 10.0 Å². The normalized spacial score (nSPS) is 11.9. The van der Waals surface area contributed by atoms with Crippen LogP contribution in [0.15, 0.2) is 41.7 Å². The summed E-state index contributed by atoms with van der Waals surface area (Å²) in [6.07, 6.45) is 3.23. The number of hydrogen-bond acceptors (Lipinski definition) is 5. The van der Waals surface area contributed by atoms with Crippen LogP contribution >= 0.6 is 0 Å². The minimum absolute atomic E-state index is 0.0891. The molecule has 1 N–H and O–H groups in total. The highest BCUT2D eigenvalue weighted by Crippen LogP contribution is 2.24. The Morgan fingerprint density at radius 1 is 1.26 bits per heavy atom. The van der Waals surface area contributed by atoms with Gasteiger partial charge in [-0.3, -0.25) is 4.98 Å². The lowest BCUT2D eigenvalue weighted by Gasteiger charge is -2.10. The molecule has 0 unspecified atom stereocenters. The fraction of sp³-hybridized carbons (Fsp3) is 0.267. The number of nitrogens with one attached hydrogen (secondary N) is 1. The number of benzene rings is 1. The van der Waals surface area contributed by atoms with Gasteiger partial charge in [0.25, 0.3) is 0 Å². The standard InChI is InChI=1S/C15H17N5O2S/c1-3-20-10-17-19-14(20)9-18-23(21,22)13-7-6-11(2)15-12(13)5-4-8-16-15/h4-8,10,18H,3,9H2,1-2H3. The lowest BCUT2D eigenvalue weighted by Crippen LogP contribution is -2.25. The molecule has 3 rings (SSSR count). The highest BCUT2D eigenvalue weighted by molar-refractivity contribution is 7.89. The van der Waals surface area contributed by atoms with Gasteiger partial charge in [-0.1, -0.05) is 6.07 Å². The van der Waals surface area contributed by atoms with Crippen molar-refractivity contribution in [1.82, 2.24) is 24.5 Å². The quantitative estimate of drug-likeness (QED) is 0.767. The summed E-state index contributed by atoms with van der Waals surface area (Å²) in [7, 11) is -3.68. The molecule has 7 nitrogen and oxygen atoms in total. The van der Waals surface area contributed by atoms with Crippen molar-refractivity contribution in [3.8, 4) is 0 Å². The van der Waals surface area contributed by atoms with E-state index in [1.165, 1.54) is 0 Å². The van der Waals surface area contributed by atoms with E-state index < -0.39 is 10.0 Å². The highest BCUT2D eigenvalue weighted by Gasteiger charge is 2.19. The Kier molecular flexibility index (Phi) is 4.10. The predicted octanol–water partition coefficient (Wildman–Crippen LogP) is 1.63. The summed E-state index contributed by atoms with van der Waals surface area (Å²) in [6.45, 7) is 4.62. The molecule has 0 amide bonds. The molecule has 0 saturated heterocycles. The van der Waals surface area contributed by atoms with Crippen molar-refractivity contribution >= 4 is 20.9 Å². The van der Waals surface area contributed by atoms with Crippen LogP contribution in [-0.4, -0.2) is 28.2 Å². The van der Waals surface area contributed by atoms with E-state index in [-0.39, 0.29) is 11.4 Å². The van der Waals surface area contributed by atoms with E-state index in [2.05, 4.69) is 19.9 Å². The predicted molar refractivity (Wildman–Crippen MR) is 86.2 cm³/mol. The van der Waals surface area contributed by atoms with Crippen LogP contribution in [0.2, 0.25) is 0 Å². The maximum absolute atomic E-state index is 12.7. The molecule has 2 aromatic heterocycles. The third kappa shape index (κ3) is 2.95. The Bertz CT molecular complexity index is 949. The molecular formula is C15H17N5O2S. The van der Waals surface area contributed by atoms with Crippen molar-refractivity contribution in [2.75, 3.05) is 0 Å². The minimum atomic E-state index is -3.68. The average molecular weight is 331 g/mol. The van der Waals surface area contributed by atoms with Crippen molar-refractivity contribution in [3.63, 3.8) is 0 Å². The summed E-state index contributed by atoms with van der Waals surface area (Å²) in [6, 6.07) is 6.86. The monoisotopic (exact) mass is 331 g/mol. The van der Waals surface area contributed by atoms with Crippen LogP contribution in [0.25, 0.3) is 10.9 Å². The number of pyridine rings is 1. The van der Waals surface area contributed by atoms with Gasteiger partial charge in [-0.25, -0.2) is 13.1 Å². The maximum atomic E-state index is 12.7. The molecule has 0 spiro atoms. The topological polar surface area (TPSA) is 89.8 Å². The van der Waals surface area contributed by atoms with Gasteiger partial charge in [0.1, 0.15) is 12.2 Å². The zero-order valence-corrected chi connectivity index (χ0v) is 13.7. The van der Waals surface area contributed by atoms with E-state index in [4.69, 9.17) is 0 Å². The summed E-state index contributed by atoms with van der Waals surface area (Å²) in [4.78, 5) is 4.49. The third-order valence-corrected chi connectivity index (χ3v) is 5.14. The number of hydrogen-bond donors (Lipinski definition) is 1. The highest BCUT2D eigenvalue weighted by atomic mass is 32.2. The maximum Gasteiger partial charge on any atom is 0.241 e. The summed E-state index contributed by atoms with van der Waals surface area (Å²) >= 11 is 0. The van der Waals surface area contributed by atoms with Gasteiger partial charge in [-0.15, -0.1) is 10.2 Å². The molecule has 1 aromatic carbocycles. The number of rotatable bonds is 5. The molecule has 2 heterocycles. The zero-order chi connectivity index (χ0) is 16.4. The van der Waals surface area contributed by atoms with Crippen LogP contribution in [0.3, 0.4) is 0 Å². The Balaban J connectivity index is 1.96. The largest absolute Gasteiger partial charge is 0.317 e. The number of aryl methyl sites for hydroxylation is 2. The van der Waals surface area contributed by atoms with Crippen molar-refractivity contribution < 1.29 is 8.42 Å². The third-order valence-electron chi connectivity index (χ3n) is 3.68. The molecule has 23 heavy (non-hydrogen) atoms. The molecule has 120 valence electrons. The van der Waals surface area contributed by atoms with Crippen LogP contribution in [0.5, 0.6) is 0 Å². The number of nitrogens with zero attached hydrogens (tertiary/aromatic N) is 4. The van der Waals surface area contributed by atoms with Crippen LogP contribution < -0.4 is 4.72 Å². The molecular weight excluding hydrogens is 314 g/mol. The molecule has 0 radical (unpaired) electrons. The Morgan fingerprint density at radius 3 is 2.87 bits per heavy atom. The molecule has 0 saturated carbocycles. The van der Waals surface area contributed by atoms with Gasteiger partial charge in [-0.2, -0.15) is 0 Å². The van der Waals surface area contributed by atoms with Gasteiger partial charge in [0, 0.05) is 18.1 Å². The van der Waals surface area contributed by atoms with E-state index in [1.54, 1.807) is 41.4 Å². The molecule has 0 atom stereocenters. The van der Waals surface area contributed by atoms with E-state index >= 15 is 0 Å². The van der Waals surface area contributed by atoms with Crippen molar-refractivity contribution in [2.24, 2.45) is 0 Å². The van der Waals surface area contributed by atoms with Gasteiger partial charge in [0.15, 0.2) is 0 Å². The summed E-state index contributed by atoms with van der Waals surface area (Å²) in [5, 5.41) is 8.34. The second-order valence-corrected chi connectivity index (χ2v) is 6.87. The molecule has 0 aliphatic rings. The lowest BCUT2D eigenvalue weighted by atomic mass is 10.1. The average Bonchev–Trinajstić information content (AvgIpc) is 3.01. The molecule has 0 fully saturated rings. The number of fused-ring (bicyclic) bond motifs is 1. The Labute approximate surface area is 134 Å². The molecule has 3 aromatic rings. The fourth-order valence-electron chi connectivity index (χ4n) is 2.44. The Hall–Kier alpha value is -2.32. The van der Waals surface area contributed by atoms with E-state index in [0.29, 0.717) is 23.3 Å². The Morgan fingerprint density at radius 2 is 2.09 bits per heavy atom. The van der Waals surface area contributed by atoms with Gasteiger partial charge >= 0.3 is 0 Å². The van der Waals surface area contributed by atoms with E-state index in [0.717, 1.165) is 5.56 Å². The smallest absolute Gasteiger partial charge is 0.241 e. The zero-order valence-electron chi connectivity index (χ0n) is 12.9. The molecule has 0 bridgehead atoms. The first-order valence-corrected chi connectivity index (χ1v) is 8.72. The number of sulfonamides is 1. The number of aromatic nitrogens is 4. The molecule has 0 aliphatic carbocycles. The van der Waals surface area contributed by atoms with Crippen molar-refractivity contribution in [3.05, 3.63) is 48.2 Å². The van der Waals surface area contributed by atoms with Crippen LogP contribution in [0.4, 0.5) is 0 Å². The first-order valence-electron chi connectivity index (χ1n) is 7.23. The van der Waals surface area contributed by atoms with E-state index in [9.17, 15) is 8.42 Å². The first kappa shape index (κ1) is 15.6. The second kappa shape index (κ2) is 6.05. The SMILES string of the molecule is CCn1cnnc1CNS(=O)(=O)c1ccc(C)c2ncccc12. The van der Waals surface area contributed by atoms with Gasteiger partial charge in [-0.05, 0) is 37.6 Å².